The van der Waals surface area contributed by atoms with Crippen LogP contribution in [-0.4, -0.2) is 66.7 Å². The number of carboxylic acids is 1. The van der Waals surface area contributed by atoms with E-state index >= 15 is 0 Å². The molecule has 1 fully saturated rings. The second kappa shape index (κ2) is 7.20. The average molecular weight is 257 g/mol. The van der Waals surface area contributed by atoms with Crippen LogP contribution in [0, 0.1) is 0 Å². The number of carboxylic acid groups (broad SMARTS) is 1. The van der Waals surface area contributed by atoms with Crippen molar-refractivity contribution in [1.29, 1.82) is 0 Å². The molecular formula is C12H23N3O3. The standard InChI is InChI=1S/C12H23N3O3/c1-14(10-5-6-10)9-7-13-12(18)15(2)8-3-4-11(16)17/h10H,3-9H2,1-2H3,(H,13,18)(H,16,17). The third kappa shape index (κ3) is 5.86. The monoisotopic (exact) mass is 257 g/mol. The molecule has 0 saturated heterocycles. The fourth-order valence-electron chi connectivity index (χ4n) is 1.74. The number of urea groups is 1. The second-order valence-corrected chi connectivity index (χ2v) is 4.86. The Bertz CT molecular complexity index is 292. The highest BCUT2D eigenvalue weighted by atomic mass is 16.4. The molecule has 6 heteroatoms. The Morgan fingerprint density at radius 3 is 2.50 bits per heavy atom. The van der Waals surface area contributed by atoms with Crippen molar-refractivity contribution in [3.8, 4) is 0 Å². The van der Waals surface area contributed by atoms with E-state index in [1.807, 2.05) is 0 Å². The Labute approximate surface area is 108 Å². The predicted octanol–water partition coefficient (Wildman–Crippen LogP) is 0.587. The van der Waals surface area contributed by atoms with Crippen LogP contribution in [0.15, 0.2) is 0 Å². The zero-order valence-corrected chi connectivity index (χ0v) is 11.2. The van der Waals surface area contributed by atoms with Gasteiger partial charge in [0.25, 0.3) is 0 Å². The van der Waals surface area contributed by atoms with Crippen molar-refractivity contribution in [2.45, 2.75) is 31.7 Å². The van der Waals surface area contributed by atoms with Gasteiger partial charge in [0.2, 0.25) is 0 Å². The summed E-state index contributed by atoms with van der Waals surface area (Å²) in [4.78, 5) is 25.8. The smallest absolute Gasteiger partial charge is 0.317 e. The Morgan fingerprint density at radius 2 is 1.94 bits per heavy atom. The predicted molar refractivity (Wildman–Crippen MR) is 68.6 cm³/mol. The van der Waals surface area contributed by atoms with Gasteiger partial charge in [0.1, 0.15) is 0 Å². The summed E-state index contributed by atoms with van der Waals surface area (Å²) in [5.74, 6) is -0.824. The Hall–Kier alpha value is -1.30. The number of carbonyl (C=O) groups excluding carboxylic acids is 1. The van der Waals surface area contributed by atoms with Crippen LogP contribution in [0.4, 0.5) is 4.79 Å². The maximum Gasteiger partial charge on any atom is 0.317 e. The minimum absolute atomic E-state index is 0.0992. The first-order valence-corrected chi connectivity index (χ1v) is 6.41. The van der Waals surface area contributed by atoms with E-state index in [0.29, 0.717) is 25.6 Å². The van der Waals surface area contributed by atoms with E-state index in [4.69, 9.17) is 5.11 Å². The lowest BCUT2D eigenvalue weighted by molar-refractivity contribution is -0.137. The fraction of sp³-hybridized carbons (Fsp3) is 0.833. The summed E-state index contributed by atoms with van der Waals surface area (Å²) in [7, 11) is 3.75. The van der Waals surface area contributed by atoms with Crippen LogP contribution in [-0.2, 0) is 4.79 Å². The molecule has 0 aromatic rings. The van der Waals surface area contributed by atoms with Crippen molar-refractivity contribution in [3.05, 3.63) is 0 Å². The Balaban J connectivity index is 2.05. The van der Waals surface area contributed by atoms with Crippen LogP contribution in [0.1, 0.15) is 25.7 Å². The van der Waals surface area contributed by atoms with Gasteiger partial charge < -0.3 is 20.2 Å². The fourth-order valence-corrected chi connectivity index (χ4v) is 1.74. The number of likely N-dealkylation sites (N-methyl/N-ethyl adjacent to an activating group) is 1. The van der Waals surface area contributed by atoms with Crippen molar-refractivity contribution >= 4 is 12.0 Å². The van der Waals surface area contributed by atoms with Crippen LogP contribution in [0.5, 0.6) is 0 Å². The first kappa shape index (κ1) is 14.8. The van der Waals surface area contributed by atoms with E-state index in [0.717, 1.165) is 6.54 Å². The first-order chi connectivity index (χ1) is 8.50. The minimum Gasteiger partial charge on any atom is -0.481 e. The zero-order chi connectivity index (χ0) is 13.5. The van der Waals surface area contributed by atoms with Crippen molar-refractivity contribution in [2.75, 3.05) is 33.7 Å². The zero-order valence-electron chi connectivity index (χ0n) is 11.2. The number of hydrogen-bond acceptors (Lipinski definition) is 3. The van der Waals surface area contributed by atoms with Crippen LogP contribution in [0.2, 0.25) is 0 Å². The minimum atomic E-state index is -0.824. The third-order valence-electron chi connectivity index (χ3n) is 3.14. The van der Waals surface area contributed by atoms with E-state index in [2.05, 4.69) is 17.3 Å². The van der Waals surface area contributed by atoms with Crippen LogP contribution < -0.4 is 5.32 Å². The van der Waals surface area contributed by atoms with Gasteiger partial charge in [0.15, 0.2) is 0 Å². The lowest BCUT2D eigenvalue weighted by Gasteiger charge is -2.20. The summed E-state index contributed by atoms with van der Waals surface area (Å²) in [6, 6.07) is 0.569. The lowest BCUT2D eigenvalue weighted by atomic mass is 10.3. The summed E-state index contributed by atoms with van der Waals surface area (Å²) in [5.41, 5.74) is 0. The van der Waals surface area contributed by atoms with Gasteiger partial charge in [-0.1, -0.05) is 0 Å². The van der Waals surface area contributed by atoms with Crippen LogP contribution in [0.3, 0.4) is 0 Å². The number of nitrogens with zero attached hydrogens (tertiary/aromatic N) is 2. The van der Waals surface area contributed by atoms with Gasteiger partial charge in [0, 0.05) is 39.1 Å². The third-order valence-corrected chi connectivity index (χ3v) is 3.14. The van der Waals surface area contributed by atoms with E-state index in [1.54, 1.807) is 7.05 Å². The number of carbonyl (C=O) groups is 2. The molecule has 1 aliphatic rings. The summed E-state index contributed by atoms with van der Waals surface area (Å²) >= 11 is 0. The van der Waals surface area contributed by atoms with Crippen molar-refractivity contribution in [3.63, 3.8) is 0 Å². The molecule has 0 aliphatic heterocycles. The molecule has 0 heterocycles. The van der Waals surface area contributed by atoms with Gasteiger partial charge in [-0.05, 0) is 26.3 Å². The van der Waals surface area contributed by atoms with Crippen LogP contribution in [0.25, 0.3) is 0 Å². The van der Waals surface area contributed by atoms with Crippen molar-refractivity contribution < 1.29 is 14.7 Å². The molecule has 1 saturated carbocycles. The molecule has 0 unspecified atom stereocenters. The molecule has 6 nitrogen and oxygen atoms in total. The normalized spacial score (nSPS) is 14.6. The van der Waals surface area contributed by atoms with Crippen LogP contribution >= 0.6 is 0 Å². The maximum atomic E-state index is 11.6. The highest BCUT2D eigenvalue weighted by Crippen LogP contribution is 2.24. The molecule has 104 valence electrons. The van der Waals surface area contributed by atoms with E-state index in [1.165, 1.54) is 17.7 Å². The summed E-state index contributed by atoms with van der Waals surface area (Å²) in [6.07, 6.45) is 3.11. The largest absolute Gasteiger partial charge is 0.481 e. The summed E-state index contributed by atoms with van der Waals surface area (Å²) < 4.78 is 0. The SMILES string of the molecule is CN(CCCC(=O)O)C(=O)NCCN(C)C1CC1. The molecule has 0 aromatic carbocycles. The van der Waals surface area contributed by atoms with Gasteiger partial charge in [0.05, 0.1) is 0 Å². The average Bonchev–Trinajstić information content (AvgIpc) is 3.11. The van der Waals surface area contributed by atoms with Gasteiger partial charge >= 0.3 is 12.0 Å². The topological polar surface area (TPSA) is 72.9 Å². The lowest BCUT2D eigenvalue weighted by Crippen LogP contribution is -2.41. The number of nitrogens with one attached hydrogen (secondary N) is 1. The molecule has 0 bridgehead atoms. The Kier molecular flexibility index (Phi) is 5.91. The Morgan fingerprint density at radius 1 is 1.28 bits per heavy atom. The molecule has 0 atom stereocenters. The molecule has 1 aliphatic carbocycles. The second-order valence-electron chi connectivity index (χ2n) is 4.86. The molecule has 2 amide bonds. The highest BCUT2D eigenvalue weighted by molar-refractivity contribution is 5.73. The van der Waals surface area contributed by atoms with E-state index < -0.39 is 5.97 Å². The first-order valence-electron chi connectivity index (χ1n) is 6.41. The number of rotatable bonds is 8. The molecule has 0 spiro atoms. The van der Waals surface area contributed by atoms with Crippen molar-refractivity contribution in [2.24, 2.45) is 0 Å². The van der Waals surface area contributed by atoms with E-state index in [-0.39, 0.29) is 12.5 Å². The molecule has 2 N–H and O–H groups in total. The highest BCUT2D eigenvalue weighted by Gasteiger charge is 2.25. The van der Waals surface area contributed by atoms with E-state index in [9.17, 15) is 9.59 Å². The van der Waals surface area contributed by atoms with Gasteiger partial charge in [-0.15, -0.1) is 0 Å². The number of amides is 2. The number of aliphatic carboxylic acids is 1. The quantitative estimate of drug-likeness (QED) is 0.667. The maximum absolute atomic E-state index is 11.6. The molecular weight excluding hydrogens is 234 g/mol. The summed E-state index contributed by atoms with van der Waals surface area (Å²) in [6.45, 7) is 1.96. The van der Waals surface area contributed by atoms with Gasteiger partial charge in [-0.3, -0.25) is 4.79 Å². The van der Waals surface area contributed by atoms with Crippen molar-refractivity contribution in [1.82, 2.24) is 15.1 Å². The summed E-state index contributed by atoms with van der Waals surface area (Å²) in [5, 5.41) is 11.3. The molecule has 1 rings (SSSR count). The molecule has 0 aromatic heterocycles. The molecule has 0 radical (unpaired) electrons. The van der Waals surface area contributed by atoms with Gasteiger partial charge in [-0.2, -0.15) is 0 Å². The van der Waals surface area contributed by atoms with Gasteiger partial charge in [-0.25, -0.2) is 4.79 Å². The number of hydrogen-bond donors (Lipinski definition) is 2. The molecule has 18 heavy (non-hydrogen) atoms.